The van der Waals surface area contributed by atoms with E-state index in [1.54, 1.807) is 14.2 Å². The second kappa shape index (κ2) is 11.4. The number of hydrogen-bond acceptors (Lipinski definition) is 4. The number of guanidine groups is 1. The molecule has 0 spiro atoms. The molecule has 29 heavy (non-hydrogen) atoms. The van der Waals surface area contributed by atoms with Crippen LogP contribution < -0.4 is 10.1 Å². The van der Waals surface area contributed by atoms with Crippen molar-refractivity contribution in [2.45, 2.75) is 38.6 Å². The van der Waals surface area contributed by atoms with E-state index in [4.69, 9.17) is 14.5 Å². The van der Waals surface area contributed by atoms with Crippen molar-refractivity contribution in [1.29, 1.82) is 0 Å². The van der Waals surface area contributed by atoms with Crippen LogP contribution in [-0.2, 0) is 4.74 Å². The number of ether oxygens (including phenoxy) is 2. The summed E-state index contributed by atoms with van der Waals surface area (Å²) in [5.41, 5.74) is 1.25. The first kappa shape index (κ1) is 21.9. The summed E-state index contributed by atoms with van der Waals surface area (Å²) in [5.74, 6) is 2.59. The van der Waals surface area contributed by atoms with E-state index in [0.29, 0.717) is 5.92 Å². The van der Waals surface area contributed by atoms with Gasteiger partial charge < -0.3 is 19.7 Å². The smallest absolute Gasteiger partial charge is 0.193 e. The van der Waals surface area contributed by atoms with Crippen LogP contribution in [0.25, 0.3) is 0 Å². The first-order chi connectivity index (χ1) is 14.3. The molecule has 2 fully saturated rings. The van der Waals surface area contributed by atoms with Crippen LogP contribution in [0, 0.1) is 5.92 Å². The minimum absolute atomic E-state index is 0.248. The van der Waals surface area contributed by atoms with Gasteiger partial charge in [-0.15, -0.1) is 0 Å². The highest BCUT2D eigenvalue weighted by Gasteiger charge is 2.27. The van der Waals surface area contributed by atoms with Gasteiger partial charge in [-0.25, -0.2) is 0 Å². The van der Waals surface area contributed by atoms with Gasteiger partial charge in [0.05, 0.1) is 26.3 Å². The minimum atomic E-state index is 0.248. The molecule has 2 saturated heterocycles. The van der Waals surface area contributed by atoms with Crippen molar-refractivity contribution in [3.63, 3.8) is 0 Å². The minimum Gasteiger partial charge on any atom is -0.496 e. The van der Waals surface area contributed by atoms with Crippen molar-refractivity contribution >= 4 is 5.96 Å². The molecular formula is C23H38N4O2. The van der Waals surface area contributed by atoms with E-state index in [1.165, 1.54) is 31.2 Å². The molecule has 0 saturated carbocycles. The summed E-state index contributed by atoms with van der Waals surface area (Å²) in [6.07, 6.45) is 5.02. The van der Waals surface area contributed by atoms with E-state index >= 15 is 0 Å². The normalized spacial score (nSPS) is 22.0. The average molecular weight is 403 g/mol. The Morgan fingerprint density at radius 2 is 1.97 bits per heavy atom. The third-order valence-corrected chi connectivity index (χ3v) is 6.07. The monoisotopic (exact) mass is 402 g/mol. The van der Waals surface area contributed by atoms with Crippen LogP contribution in [0.3, 0.4) is 0 Å². The first-order valence-corrected chi connectivity index (χ1v) is 11.2. The summed E-state index contributed by atoms with van der Waals surface area (Å²) in [6.45, 7) is 8.92. The number of nitrogens with one attached hydrogen (secondary N) is 1. The number of aliphatic imine (C=N–C) groups is 1. The molecular weight excluding hydrogens is 364 g/mol. The topological polar surface area (TPSA) is 49.3 Å². The molecule has 162 valence electrons. The lowest BCUT2D eigenvalue weighted by molar-refractivity contribution is 0.157. The zero-order chi connectivity index (χ0) is 20.5. The molecule has 3 rings (SSSR count). The van der Waals surface area contributed by atoms with Crippen LogP contribution in [0.5, 0.6) is 5.75 Å². The van der Waals surface area contributed by atoms with Crippen molar-refractivity contribution in [1.82, 2.24) is 15.1 Å². The number of para-hydroxylation sites is 1. The maximum absolute atomic E-state index is 5.70. The molecule has 0 amide bonds. The number of rotatable bonds is 8. The maximum Gasteiger partial charge on any atom is 0.193 e. The predicted molar refractivity (Wildman–Crippen MR) is 119 cm³/mol. The Morgan fingerprint density at radius 1 is 1.17 bits per heavy atom. The Balaban J connectivity index is 1.79. The largest absolute Gasteiger partial charge is 0.496 e. The number of benzene rings is 1. The van der Waals surface area contributed by atoms with Gasteiger partial charge in [0.25, 0.3) is 0 Å². The lowest BCUT2D eigenvalue weighted by Gasteiger charge is -2.35. The van der Waals surface area contributed by atoms with E-state index < -0.39 is 0 Å². The van der Waals surface area contributed by atoms with Gasteiger partial charge in [0, 0.05) is 38.2 Å². The van der Waals surface area contributed by atoms with E-state index in [9.17, 15) is 0 Å². The van der Waals surface area contributed by atoms with Crippen molar-refractivity contribution in [3.8, 4) is 5.75 Å². The average Bonchev–Trinajstić information content (AvgIpc) is 3.23. The van der Waals surface area contributed by atoms with Gasteiger partial charge in [-0.1, -0.05) is 24.6 Å². The molecule has 0 bridgehead atoms. The highest BCUT2D eigenvalue weighted by molar-refractivity contribution is 5.80. The lowest BCUT2D eigenvalue weighted by atomic mass is 10.0. The number of piperidine rings is 1. The van der Waals surface area contributed by atoms with Gasteiger partial charge >= 0.3 is 0 Å². The molecule has 0 aromatic heterocycles. The molecule has 2 atom stereocenters. The van der Waals surface area contributed by atoms with Crippen molar-refractivity contribution in [2.24, 2.45) is 10.9 Å². The van der Waals surface area contributed by atoms with Gasteiger partial charge in [-0.05, 0) is 45.3 Å². The summed E-state index contributed by atoms with van der Waals surface area (Å²) < 4.78 is 11.1. The number of hydrogen-bond donors (Lipinski definition) is 1. The molecule has 0 radical (unpaired) electrons. The molecule has 6 heteroatoms. The number of nitrogens with zero attached hydrogens (tertiary/aromatic N) is 3. The van der Waals surface area contributed by atoms with E-state index in [0.717, 1.165) is 57.6 Å². The van der Waals surface area contributed by atoms with Crippen LogP contribution in [0.4, 0.5) is 0 Å². The van der Waals surface area contributed by atoms with Gasteiger partial charge in [-0.3, -0.25) is 9.89 Å². The predicted octanol–water partition coefficient (Wildman–Crippen LogP) is 3.16. The van der Waals surface area contributed by atoms with Crippen LogP contribution in [0.15, 0.2) is 29.3 Å². The fourth-order valence-electron chi connectivity index (χ4n) is 4.58. The Kier molecular flexibility index (Phi) is 8.62. The van der Waals surface area contributed by atoms with Crippen LogP contribution >= 0.6 is 0 Å². The fourth-order valence-corrected chi connectivity index (χ4v) is 4.58. The Hall–Kier alpha value is -1.79. The second-order valence-corrected chi connectivity index (χ2v) is 8.11. The third-order valence-electron chi connectivity index (χ3n) is 6.07. The second-order valence-electron chi connectivity index (χ2n) is 8.11. The number of likely N-dealkylation sites (tertiary alicyclic amines) is 2. The Labute approximate surface area is 176 Å². The van der Waals surface area contributed by atoms with Crippen LogP contribution in [0.2, 0.25) is 0 Å². The molecule has 1 N–H and O–H groups in total. The van der Waals surface area contributed by atoms with Crippen molar-refractivity contribution in [3.05, 3.63) is 29.8 Å². The van der Waals surface area contributed by atoms with Gasteiger partial charge in [0.2, 0.25) is 0 Å². The Morgan fingerprint density at radius 3 is 2.69 bits per heavy atom. The van der Waals surface area contributed by atoms with Gasteiger partial charge in [-0.2, -0.15) is 0 Å². The third kappa shape index (κ3) is 5.86. The van der Waals surface area contributed by atoms with Gasteiger partial charge in [0.15, 0.2) is 5.96 Å². The summed E-state index contributed by atoms with van der Waals surface area (Å²) in [7, 11) is 3.55. The molecule has 2 heterocycles. The van der Waals surface area contributed by atoms with Crippen molar-refractivity contribution < 1.29 is 9.47 Å². The SMILES string of the molecule is CCNC(=NCC(c1ccccc1OC)N1CCCCC1)N1CCC(COC)C1. The van der Waals surface area contributed by atoms with Crippen LogP contribution in [-0.4, -0.2) is 75.9 Å². The molecule has 1 aromatic rings. The molecule has 6 nitrogen and oxygen atoms in total. The Bertz CT molecular complexity index is 646. The van der Waals surface area contributed by atoms with Gasteiger partial charge in [0.1, 0.15) is 5.75 Å². The lowest BCUT2D eigenvalue weighted by Crippen LogP contribution is -2.41. The molecule has 1 aromatic carbocycles. The fraction of sp³-hybridized carbons (Fsp3) is 0.696. The van der Waals surface area contributed by atoms with Crippen molar-refractivity contribution in [2.75, 3.05) is 60.1 Å². The quantitative estimate of drug-likeness (QED) is 0.535. The molecule has 2 aliphatic rings. The standard InChI is InChI=1S/C23H38N4O2/c1-4-24-23(27-15-12-19(17-27)18-28-2)25-16-21(26-13-8-5-9-14-26)20-10-6-7-11-22(20)29-3/h6-7,10-11,19,21H,4-5,8-9,12-18H2,1-3H3,(H,24,25). The zero-order valence-electron chi connectivity index (χ0n) is 18.4. The molecule has 2 aliphatic heterocycles. The summed E-state index contributed by atoms with van der Waals surface area (Å²) in [6, 6.07) is 8.67. The number of methoxy groups -OCH3 is 2. The van der Waals surface area contributed by atoms with E-state index in [2.05, 4.69) is 40.2 Å². The van der Waals surface area contributed by atoms with Crippen LogP contribution in [0.1, 0.15) is 44.2 Å². The zero-order valence-corrected chi connectivity index (χ0v) is 18.4. The molecule has 2 unspecified atom stereocenters. The maximum atomic E-state index is 5.70. The first-order valence-electron chi connectivity index (χ1n) is 11.2. The summed E-state index contributed by atoms with van der Waals surface area (Å²) in [4.78, 5) is 10.1. The van der Waals surface area contributed by atoms with E-state index in [-0.39, 0.29) is 6.04 Å². The summed E-state index contributed by atoms with van der Waals surface area (Å²) >= 11 is 0. The van der Waals surface area contributed by atoms with E-state index in [1.807, 2.05) is 6.07 Å². The highest BCUT2D eigenvalue weighted by atomic mass is 16.5. The molecule has 0 aliphatic carbocycles. The summed E-state index contributed by atoms with van der Waals surface area (Å²) in [5, 5.41) is 3.51. The highest BCUT2D eigenvalue weighted by Crippen LogP contribution is 2.31.